The van der Waals surface area contributed by atoms with Gasteiger partial charge in [0.1, 0.15) is 17.0 Å². The molecule has 2 saturated carbocycles. The topological polar surface area (TPSA) is 78.4 Å². The average molecular weight is 346 g/mol. The van der Waals surface area contributed by atoms with E-state index in [-0.39, 0.29) is 6.54 Å². The van der Waals surface area contributed by atoms with Crippen LogP contribution in [0.3, 0.4) is 0 Å². The van der Waals surface area contributed by atoms with Gasteiger partial charge in [0.2, 0.25) is 0 Å². The van der Waals surface area contributed by atoms with E-state index >= 15 is 0 Å². The Labute approximate surface area is 144 Å². The van der Waals surface area contributed by atoms with Gasteiger partial charge >= 0.3 is 5.97 Å². The lowest BCUT2D eigenvalue weighted by Gasteiger charge is -2.43. The van der Waals surface area contributed by atoms with Gasteiger partial charge in [-0.3, -0.25) is 9.69 Å². The number of anilines is 1. The highest BCUT2D eigenvalue weighted by atomic mass is 32.1. The van der Waals surface area contributed by atoms with Gasteiger partial charge in [0.25, 0.3) is 0 Å². The molecule has 0 amide bonds. The number of rotatable bonds is 7. The maximum Gasteiger partial charge on any atom is 0.317 e. The first-order valence-corrected chi connectivity index (χ1v) is 9.39. The minimum absolute atomic E-state index is 0.162. The highest BCUT2D eigenvalue weighted by Crippen LogP contribution is 2.36. The smallest absolute Gasteiger partial charge is 0.317 e. The number of carbonyl (C=O) groups is 1. The Balaban J connectivity index is 1.39. The van der Waals surface area contributed by atoms with Crippen LogP contribution in [0.4, 0.5) is 5.82 Å². The minimum atomic E-state index is -0.724. The van der Waals surface area contributed by atoms with E-state index in [0.717, 1.165) is 35.4 Å². The first-order valence-electron chi connectivity index (χ1n) is 8.51. The van der Waals surface area contributed by atoms with Crippen LogP contribution in [0.15, 0.2) is 11.7 Å². The molecule has 0 atom stereocenters. The molecule has 2 aromatic rings. The van der Waals surface area contributed by atoms with E-state index < -0.39 is 5.97 Å². The molecule has 2 aliphatic rings. The normalized spacial score (nSPS) is 23.4. The van der Waals surface area contributed by atoms with Crippen LogP contribution in [-0.2, 0) is 4.79 Å². The average Bonchev–Trinajstić information content (AvgIpc) is 3.23. The maximum atomic E-state index is 11.1. The summed E-state index contributed by atoms with van der Waals surface area (Å²) in [4.78, 5) is 23.0. The molecule has 0 aliphatic heterocycles. The Morgan fingerprint density at radius 1 is 1.42 bits per heavy atom. The summed E-state index contributed by atoms with van der Waals surface area (Å²) in [6, 6.07) is 0.739. The number of nitrogens with one attached hydrogen (secondary N) is 1. The molecule has 0 saturated heterocycles. The van der Waals surface area contributed by atoms with Crippen molar-refractivity contribution in [3.8, 4) is 0 Å². The fourth-order valence-electron chi connectivity index (χ4n) is 3.47. The summed E-state index contributed by atoms with van der Waals surface area (Å²) in [7, 11) is 0. The molecular formula is C17H22N4O2S. The lowest BCUT2D eigenvalue weighted by atomic mass is 9.85. The monoisotopic (exact) mass is 346 g/mol. The number of aliphatic carboxylic acids is 1. The van der Waals surface area contributed by atoms with Crippen LogP contribution in [0.1, 0.15) is 31.2 Å². The van der Waals surface area contributed by atoms with Gasteiger partial charge in [0.15, 0.2) is 0 Å². The van der Waals surface area contributed by atoms with Crippen LogP contribution in [0.25, 0.3) is 10.2 Å². The van der Waals surface area contributed by atoms with Gasteiger partial charge in [-0.15, -0.1) is 11.3 Å². The zero-order valence-electron chi connectivity index (χ0n) is 13.7. The number of aromatic nitrogens is 2. The minimum Gasteiger partial charge on any atom is -0.480 e. The predicted molar refractivity (Wildman–Crippen MR) is 94.5 cm³/mol. The number of nitrogens with zero attached hydrogens (tertiary/aromatic N) is 3. The van der Waals surface area contributed by atoms with Crippen molar-refractivity contribution >= 4 is 33.3 Å². The first-order chi connectivity index (χ1) is 11.6. The fourth-order valence-corrected chi connectivity index (χ4v) is 4.36. The second kappa shape index (κ2) is 6.29. The summed E-state index contributed by atoms with van der Waals surface area (Å²) < 4.78 is 0. The van der Waals surface area contributed by atoms with Gasteiger partial charge < -0.3 is 10.4 Å². The molecule has 0 radical (unpaired) electrons. The summed E-state index contributed by atoms with van der Waals surface area (Å²) in [6.07, 6.45) is 6.08. The molecule has 2 N–H and O–H groups in total. The molecule has 0 aromatic carbocycles. The fraction of sp³-hybridized carbons (Fsp3) is 0.588. The van der Waals surface area contributed by atoms with Gasteiger partial charge in [0.05, 0.1) is 11.9 Å². The van der Waals surface area contributed by atoms with Crippen LogP contribution >= 0.6 is 11.3 Å². The van der Waals surface area contributed by atoms with Crippen molar-refractivity contribution in [1.29, 1.82) is 0 Å². The van der Waals surface area contributed by atoms with E-state index in [9.17, 15) is 4.79 Å². The lowest BCUT2D eigenvalue weighted by Crippen LogP contribution is -2.52. The third-order valence-corrected chi connectivity index (χ3v) is 6.06. The molecule has 2 aliphatic carbocycles. The molecule has 2 aromatic heterocycles. The van der Waals surface area contributed by atoms with E-state index in [1.165, 1.54) is 18.4 Å². The van der Waals surface area contributed by atoms with Crippen molar-refractivity contribution in [2.75, 3.05) is 18.4 Å². The number of carboxylic acid groups (broad SMARTS) is 1. The van der Waals surface area contributed by atoms with E-state index in [1.807, 2.05) is 0 Å². The Hall–Kier alpha value is -1.73. The molecule has 0 bridgehead atoms. The molecule has 7 heteroatoms. The SMILES string of the molecule is Cc1csc2ncnc(NC3CC(N(CC(=O)O)CC4CC4)C3)c12. The Morgan fingerprint density at radius 2 is 2.21 bits per heavy atom. The quantitative estimate of drug-likeness (QED) is 0.803. The second-order valence-electron chi connectivity index (χ2n) is 7.05. The Bertz CT molecular complexity index is 752. The molecule has 4 rings (SSSR count). The number of hydrogen-bond donors (Lipinski definition) is 2. The van der Waals surface area contributed by atoms with Crippen molar-refractivity contribution < 1.29 is 9.90 Å². The number of carboxylic acids is 1. The molecule has 128 valence electrons. The first kappa shape index (κ1) is 15.8. The van der Waals surface area contributed by atoms with Crippen LogP contribution in [-0.4, -0.2) is 51.1 Å². The zero-order chi connectivity index (χ0) is 16.7. The van der Waals surface area contributed by atoms with Gasteiger partial charge in [-0.05, 0) is 49.5 Å². The predicted octanol–water partition coefficient (Wildman–Crippen LogP) is 2.74. The number of aryl methyl sites for hydroxylation is 1. The number of hydrogen-bond acceptors (Lipinski definition) is 6. The third kappa shape index (κ3) is 3.23. The molecule has 2 heterocycles. The van der Waals surface area contributed by atoms with Gasteiger partial charge in [-0.2, -0.15) is 0 Å². The summed E-state index contributed by atoms with van der Waals surface area (Å²) in [5, 5.41) is 15.9. The highest BCUT2D eigenvalue weighted by molar-refractivity contribution is 7.17. The summed E-state index contributed by atoms with van der Waals surface area (Å²) in [5.41, 5.74) is 1.20. The van der Waals surface area contributed by atoms with Crippen molar-refractivity contribution in [3.63, 3.8) is 0 Å². The van der Waals surface area contributed by atoms with Crippen molar-refractivity contribution in [2.45, 2.75) is 44.7 Å². The summed E-state index contributed by atoms with van der Waals surface area (Å²) in [5.74, 6) is 0.902. The highest BCUT2D eigenvalue weighted by Gasteiger charge is 2.37. The molecule has 2 fully saturated rings. The van der Waals surface area contributed by atoms with Crippen molar-refractivity contribution in [1.82, 2.24) is 14.9 Å². The molecule has 0 unspecified atom stereocenters. The summed E-state index contributed by atoms with van der Waals surface area (Å²) in [6.45, 7) is 3.18. The largest absolute Gasteiger partial charge is 0.480 e. The molecular weight excluding hydrogens is 324 g/mol. The Morgan fingerprint density at radius 3 is 2.92 bits per heavy atom. The second-order valence-corrected chi connectivity index (χ2v) is 7.91. The van der Waals surface area contributed by atoms with Gasteiger partial charge in [-0.1, -0.05) is 0 Å². The standard InChI is InChI=1S/C17H22N4O2S/c1-10-8-24-17-15(10)16(18-9-19-17)20-12-4-13(5-12)21(7-14(22)23)6-11-2-3-11/h8-9,11-13H,2-7H2,1H3,(H,22,23)(H,18,19,20). The van der Waals surface area contributed by atoms with E-state index in [0.29, 0.717) is 18.0 Å². The van der Waals surface area contributed by atoms with Crippen LogP contribution in [0.5, 0.6) is 0 Å². The lowest BCUT2D eigenvalue weighted by molar-refractivity contribution is -0.139. The molecule has 24 heavy (non-hydrogen) atoms. The van der Waals surface area contributed by atoms with E-state index in [4.69, 9.17) is 5.11 Å². The van der Waals surface area contributed by atoms with Crippen LogP contribution in [0.2, 0.25) is 0 Å². The van der Waals surface area contributed by atoms with E-state index in [1.54, 1.807) is 17.7 Å². The number of thiophene rings is 1. The van der Waals surface area contributed by atoms with Crippen LogP contribution in [0, 0.1) is 12.8 Å². The Kier molecular flexibility index (Phi) is 4.14. The summed E-state index contributed by atoms with van der Waals surface area (Å²) >= 11 is 1.64. The van der Waals surface area contributed by atoms with Crippen LogP contribution < -0.4 is 5.32 Å². The zero-order valence-corrected chi connectivity index (χ0v) is 14.6. The molecule has 6 nitrogen and oxygen atoms in total. The third-order valence-electron chi connectivity index (χ3n) is 5.05. The maximum absolute atomic E-state index is 11.1. The number of fused-ring (bicyclic) bond motifs is 1. The van der Waals surface area contributed by atoms with Crippen molar-refractivity contribution in [3.05, 3.63) is 17.3 Å². The molecule has 0 spiro atoms. The van der Waals surface area contributed by atoms with E-state index in [2.05, 4.69) is 32.5 Å². The van der Waals surface area contributed by atoms with Crippen molar-refractivity contribution in [2.24, 2.45) is 5.92 Å². The van der Waals surface area contributed by atoms with Gasteiger partial charge in [-0.25, -0.2) is 9.97 Å². The van der Waals surface area contributed by atoms with Gasteiger partial charge in [0, 0.05) is 18.6 Å².